The maximum atomic E-state index is 12.3. The van der Waals surface area contributed by atoms with Gasteiger partial charge >= 0.3 is 12.0 Å². The summed E-state index contributed by atoms with van der Waals surface area (Å²) in [5.41, 5.74) is 20.9. The number of amides is 2. The Kier molecular flexibility index (Phi) is 13.0. The highest BCUT2D eigenvalue weighted by atomic mass is 16.5. The van der Waals surface area contributed by atoms with Crippen LogP contribution in [0, 0.1) is 0 Å². The molecule has 4 aliphatic heterocycles. The molecule has 0 atom stereocenters. The van der Waals surface area contributed by atoms with Crippen LogP contribution in [0.5, 0.6) is 12.0 Å². The van der Waals surface area contributed by atoms with Crippen LogP contribution in [-0.2, 0) is 48.6 Å². The number of carbonyl (C=O) groups is 2. The van der Waals surface area contributed by atoms with E-state index in [0.717, 1.165) is 82.4 Å². The Bertz CT molecular complexity index is 2110. The molecule has 2 aromatic heterocycles. The maximum absolute atomic E-state index is 12.3. The van der Waals surface area contributed by atoms with Crippen LogP contribution in [0.4, 0.5) is 34.6 Å². The van der Waals surface area contributed by atoms with Crippen molar-refractivity contribution in [3.05, 3.63) is 69.8 Å². The lowest BCUT2D eigenvalue weighted by molar-refractivity contribution is -0.116. The standard InChI is InChI=1S/C22H30N6O2.C20H26N6O2/c1-3-5-10-30-22-25-20(23)19-21(26-22)28(14-18(29)24-19)12-15-6-7-16-8-9-27(4-2)13-17(16)11-15;1-2-3-8-28-20-24-18(21)17-19(25-20)26(12-16(27)23-17)11-13-4-5-14-6-7-22-10-15(14)9-13/h6-7,11H,3-5,8-10,12-14H2,1-2H3,(H,24,29)(H2,23,25,26);4-5,9,22H,2-3,6-8,10-12H2,1H3,(H,23,27)(H2,21,24,25). The fourth-order valence-corrected chi connectivity index (χ4v) is 7.56. The molecule has 0 saturated heterocycles. The maximum Gasteiger partial charge on any atom is 0.320 e. The van der Waals surface area contributed by atoms with Crippen molar-refractivity contribution in [2.24, 2.45) is 0 Å². The van der Waals surface area contributed by atoms with Crippen LogP contribution in [0.25, 0.3) is 0 Å². The quantitative estimate of drug-likeness (QED) is 0.119. The zero-order valence-electron chi connectivity index (χ0n) is 33.9. The Morgan fingerprint density at radius 1 is 0.672 bits per heavy atom. The van der Waals surface area contributed by atoms with Gasteiger partial charge in [0, 0.05) is 32.7 Å². The molecule has 4 aromatic rings. The second-order valence-electron chi connectivity index (χ2n) is 15.1. The molecular weight excluding hydrogens is 737 g/mol. The monoisotopic (exact) mass is 792 g/mol. The summed E-state index contributed by atoms with van der Waals surface area (Å²) < 4.78 is 11.3. The van der Waals surface area contributed by atoms with Crippen LogP contribution in [0.1, 0.15) is 79.8 Å². The molecular formula is C42H56N12O4. The van der Waals surface area contributed by atoms with Crippen molar-refractivity contribution in [1.29, 1.82) is 0 Å². The number of hydrogen-bond donors (Lipinski definition) is 5. The highest BCUT2D eigenvalue weighted by Crippen LogP contribution is 2.36. The van der Waals surface area contributed by atoms with Gasteiger partial charge in [-0.15, -0.1) is 0 Å². The first kappa shape index (κ1) is 40.5. The van der Waals surface area contributed by atoms with Gasteiger partial charge in [-0.1, -0.05) is 70.0 Å². The van der Waals surface area contributed by atoms with Crippen molar-refractivity contribution in [2.45, 2.75) is 85.5 Å². The summed E-state index contributed by atoms with van der Waals surface area (Å²) in [6, 6.07) is 13.6. The number of hydrogen-bond acceptors (Lipinski definition) is 14. The van der Waals surface area contributed by atoms with Gasteiger partial charge < -0.3 is 46.7 Å². The minimum Gasteiger partial charge on any atom is -0.463 e. The van der Waals surface area contributed by atoms with Crippen LogP contribution < -0.4 is 46.7 Å². The van der Waals surface area contributed by atoms with Gasteiger partial charge in [0.1, 0.15) is 11.4 Å². The molecule has 16 nitrogen and oxygen atoms in total. The lowest BCUT2D eigenvalue weighted by Gasteiger charge is -2.31. The van der Waals surface area contributed by atoms with Crippen molar-refractivity contribution >= 4 is 46.5 Å². The minimum atomic E-state index is -0.123. The Balaban J connectivity index is 0.000000177. The normalized spacial score (nSPS) is 15.8. The molecule has 308 valence electrons. The van der Waals surface area contributed by atoms with Gasteiger partial charge in [0.05, 0.1) is 26.3 Å². The molecule has 2 amide bonds. The Labute approximate surface area is 340 Å². The van der Waals surface area contributed by atoms with E-state index in [-0.39, 0.29) is 48.6 Å². The van der Waals surface area contributed by atoms with Gasteiger partial charge in [-0.05, 0) is 72.2 Å². The molecule has 0 spiro atoms. The smallest absolute Gasteiger partial charge is 0.320 e. The number of benzene rings is 2. The second kappa shape index (κ2) is 18.7. The Hall–Kier alpha value is -5.74. The lowest BCUT2D eigenvalue weighted by Crippen LogP contribution is -2.39. The molecule has 0 bridgehead atoms. The van der Waals surface area contributed by atoms with Crippen LogP contribution in [-0.4, -0.2) is 82.6 Å². The summed E-state index contributed by atoms with van der Waals surface area (Å²) in [7, 11) is 0. The minimum absolute atomic E-state index is 0.118. The molecule has 4 aliphatic rings. The van der Waals surface area contributed by atoms with Crippen molar-refractivity contribution < 1.29 is 19.1 Å². The molecule has 8 rings (SSSR count). The second-order valence-corrected chi connectivity index (χ2v) is 15.1. The van der Waals surface area contributed by atoms with Crippen molar-refractivity contribution in [2.75, 3.05) is 77.8 Å². The number of rotatable bonds is 13. The molecule has 6 heterocycles. The van der Waals surface area contributed by atoms with E-state index in [0.29, 0.717) is 49.3 Å². The predicted molar refractivity (Wildman–Crippen MR) is 226 cm³/mol. The van der Waals surface area contributed by atoms with Crippen LogP contribution in [0.2, 0.25) is 0 Å². The number of ether oxygens (including phenoxy) is 2. The lowest BCUT2D eigenvalue weighted by atomic mass is 9.97. The van der Waals surface area contributed by atoms with Crippen LogP contribution in [0.3, 0.4) is 0 Å². The first-order valence-electron chi connectivity index (χ1n) is 20.6. The van der Waals surface area contributed by atoms with Crippen molar-refractivity contribution in [3.8, 4) is 12.0 Å². The number of nitrogens with zero attached hydrogens (tertiary/aromatic N) is 7. The van der Waals surface area contributed by atoms with E-state index in [1.165, 1.54) is 22.3 Å². The molecule has 0 radical (unpaired) electrons. The third-order valence-electron chi connectivity index (χ3n) is 10.8. The SMILES string of the molecule is CCCCOc1nc(N)c2c(n1)N(Cc1ccc3c(c1)CN(CC)CC3)CC(=O)N2.CCCCOc1nc(N)c2c(n1)N(Cc1ccc3c(c1)CNCC3)CC(=O)N2. The molecule has 16 heteroatoms. The molecule has 7 N–H and O–H groups in total. The summed E-state index contributed by atoms with van der Waals surface area (Å²) in [5.74, 6) is 1.43. The zero-order valence-corrected chi connectivity index (χ0v) is 33.9. The van der Waals surface area contributed by atoms with Gasteiger partial charge in [-0.3, -0.25) is 14.5 Å². The van der Waals surface area contributed by atoms with Crippen molar-refractivity contribution in [3.63, 3.8) is 0 Å². The molecule has 0 unspecified atom stereocenters. The number of nitrogen functional groups attached to an aromatic ring is 2. The largest absolute Gasteiger partial charge is 0.463 e. The highest BCUT2D eigenvalue weighted by Gasteiger charge is 2.29. The number of likely N-dealkylation sites (N-methyl/N-ethyl adjacent to an activating group) is 1. The Morgan fingerprint density at radius 3 is 1.74 bits per heavy atom. The average molecular weight is 793 g/mol. The van der Waals surface area contributed by atoms with E-state index in [2.05, 4.69) is 98.0 Å². The number of carbonyl (C=O) groups excluding carboxylic acids is 2. The van der Waals surface area contributed by atoms with Gasteiger partial charge in [-0.2, -0.15) is 19.9 Å². The van der Waals surface area contributed by atoms with Crippen LogP contribution >= 0.6 is 0 Å². The van der Waals surface area contributed by atoms with E-state index >= 15 is 0 Å². The highest BCUT2D eigenvalue weighted by molar-refractivity contribution is 6.03. The van der Waals surface area contributed by atoms with E-state index in [9.17, 15) is 9.59 Å². The van der Waals surface area contributed by atoms with E-state index in [1.54, 1.807) is 0 Å². The number of fused-ring (bicyclic) bond motifs is 4. The molecule has 0 saturated carbocycles. The molecule has 58 heavy (non-hydrogen) atoms. The van der Waals surface area contributed by atoms with Gasteiger partial charge in [0.25, 0.3) is 0 Å². The zero-order chi connectivity index (χ0) is 40.6. The molecule has 0 aliphatic carbocycles. The van der Waals surface area contributed by atoms with Crippen LogP contribution in [0.15, 0.2) is 36.4 Å². The van der Waals surface area contributed by atoms with E-state index in [4.69, 9.17) is 20.9 Å². The number of anilines is 6. The topological polar surface area (TPSA) is 202 Å². The van der Waals surface area contributed by atoms with E-state index in [1.807, 2.05) is 9.80 Å². The summed E-state index contributed by atoms with van der Waals surface area (Å²) in [6.45, 7) is 14.1. The van der Waals surface area contributed by atoms with Gasteiger partial charge in [0.2, 0.25) is 11.8 Å². The number of unbranched alkanes of at least 4 members (excludes halogenated alkanes) is 2. The molecule has 2 aromatic carbocycles. The third-order valence-corrected chi connectivity index (χ3v) is 10.8. The average Bonchev–Trinajstić information content (AvgIpc) is 3.22. The predicted octanol–water partition coefficient (Wildman–Crippen LogP) is 4.42. The van der Waals surface area contributed by atoms with E-state index < -0.39 is 0 Å². The summed E-state index contributed by atoms with van der Waals surface area (Å²) in [4.78, 5) is 48.3. The number of aromatic nitrogens is 4. The fraction of sp³-hybridized carbons (Fsp3) is 0.476. The first-order valence-corrected chi connectivity index (χ1v) is 20.6. The van der Waals surface area contributed by atoms with Gasteiger partial charge in [0.15, 0.2) is 23.3 Å². The van der Waals surface area contributed by atoms with Gasteiger partial charge in [-0.25, -0.2) is 0 Å². The van der Waals surface area contributed by atoms with Crippen molar-refractivity contribution in [1.82, 2.24) is 30.2 Å². The summed E-state index contributed by atoms with van der Waals surface area (Å²) in [6.07, 6.45) is 6.02. The first-order chi connectivity index (χ1) is 28.2. The number of nitrogens with two attached hydrogens (primary N) is 2. The fourth-order valence-electron chi connectivity index (χ4n) is 7.56. The summed E-state index contributed by atoms with van der Waals surface area (Å²) >= 11 is 0. The summed E-state index contributed by atoms with van der Waals surface area (Å²) in [5, 5.41) is 9.00. The third kappa shape index (κ3) is 9.68. The Morgan fingerprint density at radius 2 is 1.21 bits per heavy atom. The number of nitrogens with one attached hydrogen (secondary N) is 3. The molecule has 0 fully saturated rings.